The van der Waals surface area contributed by atoms with Crippen LogP contribution in [0, 0.1) is 48.5 Å². The van der Waals surface area contributed by atoms with E-state index in [1.165, 1.54) is 39.0 Å². The van der Waals surface area contributed by atoms with E-state index < -0.39 is 107 Å². The highest BCUT2D eigenvalue weighted by Gasteiger charge is 2.46. The lowest BCUT2D eigenvalue weighted by Crippen LogP contribution is -2.45. The Bertz CT molecular complexity index is 5140. The molecule has 12 rings (SSSR count). The van der Waals surface area contributed by atoms with Crippen LogP contribution in [0.3, 0.4) is 0 Å². The summed E-state index contributed by atoms with van der Waals surface area (Å²) in [6.45, 7) is 21.2. The molecule has 3 aliphatic rings. The fraction of sp³-hybridized carbons (Fsp3) is 0.326. The normalized spacial score (nSPS) is 17.0. The molecule has 122 heavy (non-hydrogen) atoms. The third-order valence-electron chi connectivity index (χ3n) is 18.8. The van der Waals surface area contributed by atoms with Crippen LogP contribution in [0.2, 0.25) is 0 Å². The van der Waals surface area contributed by atoms with E-state index in [0.29, 0.717) is 43.6 Å². The van der Waals surface area contributed by atoms with Crippen molar-refractivity contribution in [1.29, 1.82) is 0 Å². The lowest BCUT2D eigenvalue weighted by molar-refractivity contribution is -0.170. The summed E-state index contributed by atoms with van der Waals surface area (Å²) in [6, 6.07) is 46.4. The summed E-state index contributed by atoms with van der Waals surface area (Å²) >= 11 is 8.27. The Morgan fingerprint density at radius 1 is 0.533 bits per heavy atom. The summed E-state index contributed by atoms with van der Waals surface area (Å²) in [6.07, 6.45) is -14.3. The molecule has 3 fully saturated rings. The smallest absolute Gasteiger partial charge is 0.418 e. The molecule has 0 bridgehead atoms. The largest absolute Gasteiger partial charge is 0.445 e. The number of ether oxygens (including phenoxy) is 5. The second-order valence-electron chi connectivity index (χ2n) is 29.1. The Morgan fingerprint density at radius 3 is 1.39 bits per heavy atom. The third-order valence-corrected chi connectivity index (χ3v) is 19.4. The van der Waals surface area contributed by atoms with E-state index in [4.69, 9.17) is 40.1 Å². The van der Waals surface area contributed by atoms with Crippen molar-refractivity contribution in [3.8, 4) is 0 Å². The van der Waals surface area contributed by atoms with Crippen molar-refractivity contribution in [2.24, 2.45) is 0 Å². The Morgan fingerprint density at radius 2 is 0.943 bits per heavy atom. The van der Waals surface area contributed by atoms with Crippen LogP contribution >= 0.6 is 27.5 Å². The zero-order valence-electron chi connectivity index (χ0n) is 68.9. The Hall–Kier alpha value is -11.9. The van der Waals surface area contributed by atoms with Gasteiger partial charge in [0.05, 0.1) is 48.0 Å². The van der Waals surface area contributed by atoms with Gasteiger partial charge in [-0.15, -0.1) is 0 Å². The van der Waals surface area contributed by atoms with Gasteiger partial charge in [-0.05, 0) is 200 Å². The minimum atomic E-state index is -4.51. The van der Waals surface area contributed by atoms with E-state index in [9.17, 15) is 82.7 Å². The van der Waals surface area contributed by atoms with Crippen LogP contribution in [0.5, 0.6) is 0 Å². The van der Waals surface area contributed by atoms with Crippen LogP contribution < -0.4 is 16.0 Å². The van der Waals surface area contributed by atoms with Gasteiger partial charge in [-0.25, -0.2) is 38.8 Å². The van der Waals surface area contributed by atoms with Gasteiger partial charge in [-0.3, -0.25) is 29.0 Å². The molecule has 650 valence electrons. The minimum Gasteiger partial charge on any atom is -0.445 e. The number of likely N-dealkylation sites (N-methyl/N-ethyl adjacent to an activating group) is 1. The van der Waals surface area contributed by atoms with Gasteiger partial charge in [-0.2, -0.15) is 39.5 Å². The van der Waals surface area contributed by atoms with Crippen molar-refractivity contribution in [3.05, 3.63) is 287 Å². The molecule has 9 aromatic rings. The maximum Gasteiger partial charge on any atom is 0.418 e. The van der Waals surface area contributed by atoms with Crippen LogP contribution in [0.25, 0.3) is 10.8 Å². The number of amides is 8. The molecule has 0 saturated carbocycles. The number of carbonyl (C=O) groups is 9. The van der Waals surface area contributed by atoms with E-state index >= 15 is 0 Å². The second-order valence-corrected chi connectivity index (χ2v) is 30.3. The summed E-state index contributed by atoms with van der Waals surface area (Å²) in [7, 11) is 2.84. The number of hydroxylamine groups is 2. The SMILES string of the molecule is CON(C)C(=O)[C@H](C)NC(=O)OCc1ccccc1.Cc1cc(Br)cc(C(F)(F)F)c1.Cc1cc(C)cc(C(=O)[C@H](C)NC(=O)OCc2ccccc2)c1.Cc1cc(C)cc([C@H]2OC(=O)N(C(=O)CCc3cncc4ccccc34)[C@H]2C)c1.Cc1cc(C2OC(=O)N(C(=O)Cl)[C@H]2C)cc(C(F)(F)F)c1.Cc1cc(C2OC(=O)N[C@H]2C)cc(C(F)(F)F)c1. The van der Waals surface area contributed by atoms with E-state index in [1.54, 1.807) is 52.9 Å². The molecule has 0 radical (unpaired) electrons. The first-order valence-electron chi connectivity index (χ1n) is 37.9. The van der Waals surface area contributed by atoms with Crippen LogP contribution in [0.1, 0.15) is 159 Å². The third kappa shape index (κ3) is 28.6. The van der Waals surface area contributed by atoms with Crippen molar-refractivity contribution >= 4 is 91.7 Å². The number of aryl methyl sites for hydroxylation is 8. The highest BCUT2D eigenvalue weighted by Crippen LogP contribution is 2.40. The van der Waals surface area contributed by atoms with E-state index in [1.807, 2.05) is 156 Å². The summed E-state index contributed by atoms with van der Waals surface area (Å²) in [5.74, 6) is -0.713. The number of fused-ring (bicyclic) bond motifs is 1. The van der Waals surface area contributed by atoms with Gasteiger partial charge in [0, 0.05) is 41.3 Å². The summed E-state index contributed by atoms with van der Waals surface area (Å²) in [5.41, 5.74) is 8.35. The van der Waals surface area contributed by atoms with Crippen LogP contribution in [-0.2, 0) is 76.3 Å². The number of imide groups is 2. The first-order valence-corrected chi connectivity index (χ1v) is 39.1. The van der Waals surface area contributed by atoms with Crippen molar-refractivity contribution < 1.29 is 111 Å². The molecule has 8 atom stereocenters. The number of halogens is 11. The van der Waals surface area contributed by atoms with Gasteiger partial charge < -0.3 is 39.6 Å². The number of nitrogens with one attached hydrogen (secondary N) is 3. The topological polar surface area (TPSA) is 268 Å². The number of cyclic esters (lactones) is 3. The first kappa shape index (κ1) is 97.2. The van der Waals surface area contributed by atoms with Gasteiger partial charge in [0.2, 0.25) is 5.91 Å². The van der Waals surface area contributed by atoms with Crippen molar-refractivity contribution in [2.75, 3.05) is 14.2 Å². The van der Waals surface area contributed by atoms with Gasteiger partial charge in [-0.1, -0.05) is 171 Å². The standard InChI is InChI=1S/C24H24N2O3.C19H21NO3.C13H11ClF3NO3.C13H18N2O4.C12H12F3NO2.C8H6BrF3/c1-15-10-16(2)12-20(11-15)23-17(3)26(24(28)29-23)22(27)9-8-19-14-25-13-18-6-4-5-7-21(18)19;1-13-9-14(2)11-17(10-13)18(21)15(3)20-19(22)23-12-16-7-5-4-6-8-16;1-6-3-8(5-9(4-6)13(15,16)17)10-7(2)18(11(14)19)12(20)21-10;1-10(12(16)15(2)18-3)14-13(17)19-9-11-7-5-4-6-8-11;1-6-3-8(5-9(4-6)12(13,14)15)10-7(2)16-11(17)18-10;1-5-2-6(8(10,11)12)4-7(9)3-5/h4-7,10-14,17,23H,8-9H2,1-3H3;4-11,15H,12H2,1-3H3,(H,20,22);3-5,7,10H,1-2H3;4-8,10H,9H2,1-3H3,(H,14,17);3-5,7,10H,1-2H3,(H,16,17);2-4H,1H3/t17-,23-;15-;7-,10?;10-;7-,10?;/m00000./s1. The predicted octanol–water partition coefficient (Wildman–Crippen LogP) is 21.2. The number of nitrogens with zero attached hydrogens (tertiary/aromatic N) is 4. The number of pyridine rings is 1. The first-order chi connectivity index (χ1) is 57.2. The lowest BCUT2D eigenvalue weighted by Gasteiger charge is -2.20. The van der Waals surface area contributed by atoms with E-state index in [-0.39, 0.29) is 54.9 Å². The molecule has 33 heteroatoms. The molecule has 3 N–H and O–H groups in total. The molecule has 0 aliphatic carbocycles. The molecule has 22 nitrogen and oxygen atoms in total. The summed E-state index contributed by atoms with van der Waals surface area (Å²) < 4.78 is 139. The van der Waals surface area contributed by atoms with Crippen LogP contribution in [0.15, 0.2) is 193 Å². The number of alkyl carbamates (subject to hydrolysis) is 3. The highest BCUT2D eigenvalue weighted by molar-refractivity contribution is 9.10. The summed E-state index contributed by atoms with van der Waals surface area (Å²) in [5, 5.41) is 9.65. The molecular formula is C89H92BrClF9N7O15. The number of carbonyl (C=O) groups excluding carboxylic acids is 9. The maximum absolute atomic E-state index is 12.9. The number of benzene rings is 8. The van der Waals surface area contributed by atoms with Gasteiger partial charge in [0.1, 0.15) is 37.6 Å². The molecule has 8 amide bonds. The van der Waals surface area contributed by atoms with E-state index in [2.05, 4.69) is 42.9 Å². The fourth-order valence-corrected chi connectivity index (χ4v) is 13.9. The molecule has 3 saturated heterocycles. The number of Topliss-reactive ketones (excluding diaryl/α,β-unsaturated/α-hetero) is 1. The predicted molar refractivity (Wildman–Crippen MR) is 440 cm³/mol. The van der Waals surface area contributed by atoms with Crippen molar-refractivity contribution in [2.45, 2.75) is 176 Å². The molecule has 3 aliphatic heterocycles. The van der Waals surface area contributed by atoms with Crippen molar-refractivity contribution in [3.63, 3.8) is 0 Å². The Balaban J connectivity index is 0.000000205. The fourth-order valence-electron chi connectivity index (χ4n) is 13.1. The van der Waals surface area contributed by atoms with E-state index in [0.717, 1.165) is 96.7 Å². The monoisotopic (exact) mass is 1780 g/mol. The Labute approximate surface area is 712 Å². The number of aromatic nitrogens is 1. The van der Waals surface area contributed by atoms with Crippen LogP contribution in [-0.4, -0.2) is 118 Å². The Kier molecular flexibility index (Phi) is 34.7. The molecule has 2 unspecified atom stereocenters. The highest BCUT2D eigenvalue weighted by atomic mass is 79.9. The number of alkyl halides is 9. The summed E-state index contributed by atoms with van der Waals surface area (Å²) in [4.78, 5) is 117. The van der Waals surface area contributed by atoms with Gasteiger partial charge >= 0.3 is 54.4 Å². The number of hydrogen-bond donors (Lipinski definition) is 3. The molecule has 1 aromatic heterocycles. The number of rotatable bonds is 16. The van der Waals surface area contributed by atoms with Gasteiger partial charge in [0.15, 0.2) is 5.78 Å². The molecule has 8 aromatic carbocycles. The average Bonchev–Trinajstić information content (AvgIpc) is 1.66. The zero-order valence-corrected chi connectivity index (χ0v) is 71.3. The van der Waals surface area contributed by atoms with Gasteiger partial charge in [0.25, 0.3) is 5.91 Å². The number of ketones is 1. The number of hydrogen-bond acceptors (Lipinski definition) is 16. The average molecular weight is 1790 g/mol. The molecular weight excluding hydrogens is 1690 g/mol. The quantitative estimate of drug-likeness (QED) is 0.0203. The van der Waals surface area contributed by atoms with Crippen LogP contribution in [0.4, 0.5) is 68.3 Å². The minimum absolute atomic E-state index is 0.131. The van der Waals surface area contributed by atoms with Crippen molar-refractivity contribution in [1.82, 2.24) is 35.8 Å². The second kappa shape index (κ2) is 43.5. The maximum atomic E-state index is 12.9. The zero-order chi connectivity index (χ0) is 90.4. The molecule has 0 spiro atoms. The molecule has 4 heterocycles. The lowest BCUT2D eigenvalue weighted by atomic mass is 9.98.